The summed E-state index contributed by atoms with van der Waals surface area (Å²) in [5.41, 5.74) is -0.136. The standard InChI is InChI=1S/C29H38N2O9/c1-5-6-12-22-19(2)40-29(34)23(14-16-36-25(22)17-37-21-10-8-7-9-11-21)31-28(33)26-27(39-18-38-20(3)32)24(35-4)13-15-30-26/h7-11,13,15,19,22-23,25H,5-6,12,14,16-18H2,1-4H3,(H,31,33)/t19-,22-,23-,25+/m0/s1. The van der Waals surface area contributed by atoms with Crippen LogP contribution in [-0.4, -0.2) is 68.2 Å². The van der Waals surface area contributed by atoms with Gasteiger partial charge in [0, 0.05) is 38.1 Å². The van der Waals surface area contributed by atoms with Gasteiger partial charge in [-0.15, -0.1) is 0 Å². The summed E-state index contributed by atoms with van der Waals surface area (Å²) in [5.74, 6) is -0.987. The number of nitrogens with one attached hydrogen (secondary N) is 1. The molecule has 0 aliphatic carbocycles. The molecule has 11 nitrogen and oxygen atoms in total. The highest BCUT2D eigenvalue weighted by atomic mass is 16.7. The van der Waals surface area contributed by atoms with Gasteiger partial charge in [0.25, 0.3) is 5.91 Å². The molecule has 1 aromatic heterocycles. The minimum atomic E-state index is -0.995. The van der Waals surface area contributed by atoms with Gasteiger partial charge in [0.15, 0.2) is 17.2 Å². The van der Waals surface area contributed by atoms with Crippen LogP contribution in [0, 0.1) is 5.92 Å². The molecule has 1 aliphatic rings. The maximum absolute atomic E-state index is 13.3. The summed E-state index contributed by atoms with van der Waals surface area (Å²) in [6.45, 7) is 5.22. The van der Waals surface area contributed by atoms with E-state index in [0.29, 0.717) is 6.61 Å². The van der Waals surface area contributed by atoms with E-state index in [1.807, 2.05) is 37.3 Å². The summed E-state index contributed by atoms with van der Waals surface area (Å²) in [4.78, 5) is 41.7. The molecule has 0 bridgehead atoms. The highest BCUT2D eigenvalue weighted by molar-refractivity contribution is 5.98. The first-order valence-corrected chi connectivity index (χ1v) is 13.4. The van der Waals surface area contributed by atoms with Crippen LogP contribution in [0.2, 0.25) is 0 Å². The van der Waals surface area contributed by atoms with Crippen molar-refractivity contribution < 1.29 is 42.8 Å². The maximum Gasteiger partial charge on any atom is 0.329 e. The van der Waals surface area contributed by atoms with E-state index < -0.39 is 36.8 Å². The minimum Gasteiger partial charge on any atom is -0.493 e. The predicted molar refractivity (Wildman–Crippen MR) is 144 cm³/mol. The summed E-state index contributed by atoms with van der Waals surface area (Å²) in [6, 6.07) is 9.97. The molecule has 4 atom stereocenters. The topological polar surface area (TPSA) is 132 Å². The Bertz CT molecular complexity index is 1110. The number of para-hydroxylation sites is 1. The Hall–Kier alpha value is -3.86. The second-order valence-corrected chi connectivity index (χ2v) is 9.39. The monoisotopic (exact) mass is 558 g/mol. The second-order valence-electron chi connectivity index (χ2n) is 9.39. The van der Waals surface area contributed by atoms with Gasteiger partial charge in [-0.05, 0) is 25.5 Å². The number of cyclic esters (lactones) is 1. The normalized spacial score (nSPS) is 21.1. The third kappa shape index (κ3) is 8.84. The molecule has 1 amide bonds. The number of amides is 1. The predicted octanol–water partition coefficient (Wildman–Crippen LogP) is 3.69. The Morgan fingerprint density at radius 2 is 1.93 bits per heavy atom. The molecule has 1 N–H and O–H groups in total. The Balaban J connectivity index is 1.74. The lowest BCUT2D eigenvalue weighted by Gasteiger charge is -2.30. The summed E-state index contributed by atoms with van der Waals surface area (Å²) in [7, 11) is 1.40. The van der Waals surface area contributed by atoms with E-state index in [2.05, 4.69) is 17.2 Å². The fraction of sp³-hybridized carbons (Fsp3) is 0.517. The van der Waals surface area contributed by atoms with Crippen molar-refractivity contribution >= 4 is 17.8 Å². The molecule has 40 heavy (non-hydrogen) atoms. The van der Waals surface area contributed by atoms with Crippen LogP contribution < -0.4 is 19.5 Å². The minimum absolute atomic E-state index is 0.0254. The highest BCUT2D eigenvalue weighted by Crippen LogP contribution is 2.30. The van der Waals surface area contributed by atoms with Crippen LogP contribution >= 0.6 is 0 Å². The number of unbranched alkanes of at least 4 members (excludes halogenated alkanes) is 1. The Morgan fingerprint density at radius 1 is 1.15 bits per heavy atom. The van der Waals surface area contributed by atoms with Gasteiger partial charge in [0.2, 0.25) is 6.79 Å². The van der Waals surface area contributed by atoms with Gasteiger partial charge in [0.05, 0.1) is 13.2 Å². The Kier molecular flexibility index (Phi) is 12.0. The molecule has 1 saturated heterocycles. The zero-order chi connectivity index (χ0) is 28.9. The van der Waals surface area contributed by atoms with Crippen LogP contribution in [0.25, 0.3) is 0 Å². The van der Waals surface area contributed by atoms with Crippen molar-refractivity contribution in [3.8, 4) is 17.2 Å². The first-order chi connectivity index (χ1) is 19.3. The second kappa shape index (κ2) is 15.7. The van der Waals surface area contributed by atoms with Crippen molar-refractivity contribution in [3.63, 3.8) is 0 Å². The molecule has 3 rings (SSSR count). The van der Waals surface area contributed by atoms with E-state index in [9.17, 15) is 14.4 Å². The summed E-state index contributed by atoms with van der Waals surface area (Å²) < 4.78 is 33.7. The molecule has 1 aliphatic heterocycles. The smallest absolute Gasteiger partial charge is 0.329 e. The number of methoxy groups -OCH3 is 1. The molecule has 2 aromatic rings. The van der Waals surface area contributed by atoms with E-state index in [0.717, 1.165) is 25.0 Å². The molecule has 0 unspecified atom stereocenters. The molecular formula is C29H38N2O9. The average molecular weight is 559 g/mol. The van der Waals surface area contributed by atoms with Gasteiger partial charge >= 0.3 is 11.9 Å². The number of pyridine rings is 1. The third-order valence-corrected chi connectivity index (χ3v) is 6.53. The van der Waals surface area contributed by atoms with Crippen molar-refractivity contribution in [2.24, 2.45) is 5.92 Å². The van der Waals surface area contributed by atoms with Crippen LogP contribution in [-0.2, 0) is 23.8 Å². The number of carbonyl (C=O) groups is 3. The van der Waals surface area contributed by atoms with Crippen molar-refractivity contribution in [2.75, 3.05) is 27.1 Å². The van der Waals surface area contributed by atoms with Gasteiger partial charge < -0.3 is 33.7 Å². The number of nitrogens with zero attached hydrogens (tertiary/aromatic N) is 1. The fourth-order valence-corrected chi connectivity index (χ4v) is 4.38. The number of aromatic nitrogens is 1. The molecule has 11 heteroatoms. The molecule has 0 spiro atoms. The van der Waals surface area contributed by atoms with Crippen LogP contribution in [0.15, 0.2) is 42.6 Å². The SMILES string of the molecule is CCCC[C@H]1[C@H](C)OC(=O)[C@@H](NC(=O)c2nccc(OC)c2OCOC(C)=O)CCO[C@@H]1COc1ccccc1. The van der Waals surface area contributed by atoms with Crippen LogP contribution in [0.3, 0.4) is 0 Å². The molecular weight excluding hydrogens is 520 g/mol. The molecule has 0 saturated carbocycles. The lowest BCUT2D eigenvalue weighted by atomic mass is 9.91. The number of hydrogen-bond acceptors (Lipinski definition) is 10. The first kappa shape index (κ1) is 30.7. The van der Waals surface area contributed by atoms with E-state index in [1.165, 1.54) is 26.3 Å². The van der Waals surface area contributed by atoms with E-state index >= 15 is 0 Å². The quantitative estimate of drug-likeness (QED) is 0.304. The molecule has 2 heterocycles. The number of benzene rings is 1. The van der Waals surface area contributed by atoms with Gasteiger partial charge in [0.1, 0.15) is 24.5 Å². The van der Waals surface area contributed by atoms with E-state index in [1.54, 1.807) is 0 Å². The lowest BCUT2D eigenvalue weighted by molar-refractivity contribution is -0.155. The zero-order valence-corrected chi connectivity index (χ0v) is 23.4. The Morgan fingerprint density at radius 3 is 2.62 bits per heavy atom. The van der Waals surface area contributed by atoms with E-state index in [4.69, 9.17) is 28.4 Å². The van der Waals surface area contributed by atoms with Crippen molar-refractivity contribution in [2.45, 2.75) is 64.7 Å². The summed E-state index contributed by atoms with van der Waals surface area (Å²) in [5, 5.41) is 2.69. The first-order valence-electron chi connectivity index (χ1n) is 13.4. The van der Waals surface area contributed by atoms with Crippen LogP contribution in [0.4, 0.5) is 0 Å². The molecule has 1 fully saturated rings. The summed E-state index contributed by atoms with van der Waals surface area (Å²) >= 11 is 0. The molecule has 1 aromatic carbocycles. The van der Waals surface area contributed by atoms with Gasteiger partial charge in [-0.2, -0.15) is 0 Å². The Labute approximate surface area is 234 Å². The number of esters is 2. The third-order valence-electron chi connectivity index (χ3n) is 6.53. The average Bonchev–Trinajstić information content (AvgIpc) is 2.99. The highest BCUT2D eigenvalue weighted by Gasteiger charge is 2.35. The number of rotatable bonds is 12. The zero-order valence-electron chi connectivity index (χ0n) is 23.4. The number of ether oxygens (including phenoxy) is 6. The summed E-state index contributed by atoms with van der Waals surface area (Å²) in [6.07, 6.45) is 3.47. The molecule has 218 valence electrons. The van der Waals surface area contributed by atoms with Gasteiger partial charge in [-0.25, -0.2) is 9.78 Å². The van der Waals surface area contributed by atoms with Crippen LogP contribution in [0.1, 0.15) is 56.9 Å². The molecule has 0 radical (unpaired) electrons. The van der Waals surface area contributed by atoms with Crippen molar-refractivity contribution in [1.82, 2.24) is 10.3 Å². The fourth-order valence-electron chi connectivity index (χ4n) is 4.38. The van der Waals surface area contributed by atoms with Crippen molar-refractivity contribution in [3.05, 3.63) is 48.3 Å². The lowest BCUT2D eigenvalue weighted by Crippen LogP contribution is -2.44. The number of hydrogen-bond donors (Lipinski definition) is 1. The van der Waals surface area contributed by atoms with Gasteiger partial charge in [-0.1, -0.05) is 38.0 Å². The number of carbonyl (C=O) groups excluding carboxylic acids is 3. The van der Waals surface area contributed by atoms with Crippen LogP contribution in [0.5, 0.6) is 17.2 Å². The van der Waals surface area contributed by atoms with E-state index in [-0.39, 0.29) is 42.2 Å². The maximum atomic E-state index is 13.3. The van der Waals surface area contributed by atoms with Crippen molar-refractivity contribution in [1.29, 1.82) is 0 Å². The largest absolute Gasteiger partial charge is 0.493 e. The van der Waals surface area contributed by atoms with Gasteiger partial charge in [-0.3, -0.25) is 9.59 Å².